The quantitative estimate of drug-likeness (QED) is 0.449. The lowest BCUT2D eigenvalue weighted by Crippen LogP contribution is -2.19. The van der Waals surface area contributed by atoms with Gasteiger partial charge in [0.2, 0.25) is 0 Å². The number of pyridine rings is 1. The number of ether oxygens (including phenoxy) is 1. The highest BCUT2D eigenvalue weighted by Gasteiger charge is 2.07. The third-order valence-corrected chi connectivity index (χ3v) is 3.88. The zero-order valence-corrected chi connectivity index (χ0v) is 15.7. The van der Waals surface area contributed by atoms with Gasteiger partial charge in [-0.05, 0) is 17.7 Å². The largest absolute Gasteiger partial charge is 0.375 e. The Hall–Kier alpha value is -2.61. The van der Waals surface area contributed by atoms with Gasteiger partial charge in [-0.25, -0.2) is 9.78 Å². The van der Waals surface area contributed by atoms with E-state index < -0.39 is 6.03 Å². The number of amides is 2. The maximum absolute atomic E-state index is 12.0. The molecule has 0 aliphatic rings. The van der Waals surface area contributed by atoms with Gasteiger partial charge in [-0.15, -0.1) is 0 Å². The van der Waals surface area contributed by atoms with Crippen molar-refractivity contribution in [3.63, 3.8) is 0 Å². The van der Waals surface area contributed by atoms with E-state index in [1.165, 1.54) is 12.1 Å². The summed E-state index contributed by atoms with van der Waals surface area (Å²) in [6, 6.07) is 12.5. The first-order chi connectivity index (χ1) is 13.1. The van der Waals surface area contributed by atoms with Crippen molar-refractivity contribution in [1.82, 2.24) is 14.8 Å². The average Bonchev–Trinajstić information content (AvgIpc) is 3.06. The first-order valence-corrected chi connectivity index (χ1v) is 8.89. The maximum Gasteiger partial charge on any atom is 0.323 e. The van der Waals surface area contributed by atoms with Crippen molar-refractivity contribution < 1.29 is 9.53 Å². The zero-order valence-electron chi connectivity index (χ0n) is 14.2. The Morgan fingerprint density at radius 1 is 1.07 bits per heavy atom. The van der Waals surface area contributed by atoms with Gasteiger partial charge in [0.25, 0.3) is 0 Å². The van der Waals surface area contributed by atoms with E-state index in [1.807, 2.05) is 30.3 Å². The van der Waals surface area contributed by atoms with Crippen molar-refractivity contribution in [2.45, 2.75) is 13.2 Å². The minimum absolute atomic E-state index is 0.195. The van der Waals surface area contributed by atoms with Crippen LogP contribution < -0.4 is 10.6 Å². The second-order valence-electron chi connectivity index (χ2n) is 5.61. The summed E-state index contributed by atoms with van der Waals surface area (Å²) in [5, 5.41) is 9.90. The van der Waals surface area contributed by atoms with E-state index in [9.17, 15) is 4.79 Å². The average molecular weight is 406 g/mol. The van der Waals surface area contributed by atoms with Crippen LogP contribution in [0.3, 0.4) is 0 Å². The van der Waals surface area contributed by atoms with Crippen molar-refractivity contribution in [3.05, 3.63) is 70.7 Å². The number of nitrogens with one attached hydrogen (secondary N) is 2. The molecule has 2 amide bonds. The van der Waals surface area contributed by atoms with Gasteiger partial charge in [0, 0.05) is 11.9 Å². The van der Waals surface area contributed by atoms with Gasteiger partial charge < -0.3 is 15.4 Å². The van der Waals surface area contributed by atoms with Gasteiger partial charge >= 0.3 is 6.03 Å². The molecule has 27 heavy (non-hydrogen) atoms. The fourth-order valence-electron chi connectivity index (χ4n) is 2.30. The van der Waals surface area contributed by atoms with Gasteiger partial charge in [0.1, 0.15) is 10.3 Å². The van der Waals surface area contributed by atoms with E-state index in [4.69, 9.17) is 27.9 Å². The molecule has 0 saturated heterocycles. The highest BCUT2D eigenvalue weighted by molar-refractivity contribution is 6.33. The standard InChI is InChI=1S/C18H17Cl2N5O2/c19-16-8-14(9-17(20)24-16)22-18(26)23-15-10-21-25(11-15)6-7-27-12-13-4-2-1-3-5-13/h1-5,8-11H,6-7,12H2,(H2,22,23,24,26). The molecule has 9 heteroatoms. The molecule has 2 aromatic heterocycles. The number of aromatic nitrogens is 3. The second-order valence-corrected chi connectivity index (χ2v) is 6.39. The first kappa shape index (κ1) is 19.2. The third-order valence-electron chi connectivity index (χ3n) is 3.49. The molecule has 2 heterocycles. The highest BCUT2D eigenvalue weighted by Crippen LogP contribution is 2.19. The minimum Gasteiger partial charge on any atom is -0.375 e. The molecular weight excluding hydrogens is 389 g/mol. The summed E-state index contributed by atoms with van der Waals surface area (Å²) in [5.41, 5.74) is 2.12. The first-order valence-electron chi connectivity index (χ1n) is 8.14. The lowest BCUT2D eigenvalue weighted by atomic mass is 10.2. The maximum atomic E-state index is 12.0. The summed E-state index contributed by atoms with van der Waals surface area (Å²) < 4.78 is 7.32. The summed E-state index contributed by atoms with van der Waals surface area (Å²) >= 11 is 11.6. The van der Waals surface area contributed by atoms with Crippen LogP contribution in [0.2, 0.25) is 10.3 Å². The number of anilines is 2. The zero-order chi connectivity index (χ0) is 19.1. The molecule has 0 spiro atoms. The number of benzene rings is 1. The molecule has 3 aromatic rings. The van der Waals surface area contributed by atoms with Crippen molar-refractivity contribution in [2.75, 3.05) is 17.2 Å². The van der Waals surface area contributed by atoms with Crippen LogP contribution in [0.1, 0.15) is 5.56 Å². The van der Waals surface area contributed by atoms with E-state index in [1.54, 1.807) is 17.1 Å². The Bertz CT molecular complexity index is 882. The molecule has 0 aliphatic carbocycles. The number of carbonyl (C=O) groups excluding carboxylic acids is 1. The van der Waals surface area contributed by atoms with E-state index >= 15 is 0 Å². The van der Waals surface area contributed by atoms with E-state index in [2.05, 4.69) is 20.7 Å². The van der Waals surface area contributed by atoms with E-state index in [0.717, 1.165) is 5.56 Å². The molecule has 0 aliphatic heterocycles. The Morgan fingerprint density at radius 2 is 1.78 bits per heavy atom. The molecule has 0 fully saturated rings. The van der Waals surface area contributed by atoms with E-state index in [-0.39, 0.29) is 10.3 Å². The molecular formula is C18H17Cl2N5O2. The van der Waals surface area contributed by atoms with Crippen LogP contribution in [0.25, 0.3) is 0 Å². The highest BCUT2D eigenvalue weighted by atomic mass is 35.5. The molecule has 7 nitrogen and oxygen atoms in total. The third kappa shape index (κ3) is 6.25. The number of hydrogen-bond acceptors (Lipinski definition) is 4. The van der Waals surface area contributed by atoms with Crippen LogP contribution >= 0.6 is 23.2 Å². The second kappa shape index (κ2) is 9.36. The van der Waals surface area contributed by atoms with Crippen molar-refractivity contribution in [3.8, 4) is 0 Å². The summed E-state index contributed by atoms with van der Waals surface area (Å²) in [4.78, 5) is 15.9. The molecule has 3 rings (SSSR count). The Balaban J connectivity index is 1.43. The van der Waals surface area contributed by atoms with Crippen molar-refractivity contribution >= 4 is 40.6 Å². The Morgan fingerprint density at radius 3 is 2.52 bits per heavy atom. The number of nitrogens with zero attached hydrogens (tertiary/aromatic N) is 3. The Kier molecular flexibility index (Phi) is 6.64. The topological polar surface area (TPSA) is 81.1 Å². The van der Waals surface area contributed by atoms with Crippen LogP contribution in [0.15, 0.2) is 54.9 Å². The monoisotopic (exact) mass is 405 g/mol. The number of hydrogen-bond donors (Lipinski definition) is 2. The van der Waals surface area contributed by atoms with Crippen LogP contribution in [0.4, 0.5) is 16.2 Å². The minimum atomic E-state index is -0.437. The molecule has 140 valence electrons. The van der Waals surface area contributed by atoms with Gasteiger partial charge in [-0.3, -0.25) is 4.68 Å². The van der Waals surface area contributed by atoms with Crippen LogP contribution in [-0.2, 0) is 17.9 Å². The predicted molar refractivity (Wildman–Crippen MR) is 105 cm³/mol. The molecule has 0 unspecified atom stereocenters. The van der Waals surface area contributed by atoms with Crippen LogP contribution in [0.5, 0.6) is 0 Å². The summed E-state index contributed by atoms with van der Waals surface area (Å²) in [7, 11) is 0. The lowest BCUT2D eigenvalue weighted by Gasteiger charge is -2.06. The van der Waals surface area contributed by atoms with E-state index in [0.29, 0.717) is 31.1 Å². The lowest BCUT2D eigenvalue weighted by molar-refractivity contribution is 0.111. The Labute approximate surface area is 166 Å². The number of urea groups is 1. The molecule has 0 atom stereocenters. The van der Waals surface area contributed by atoms with Crippen molar-refractivity contribution in [1.29, 1.82) is 0 Å². The van der Waals surface area contributed by atoms with Crippen molar-refractivity contribution in [2.24, 2.45) is 0 Å². The van der Waals surface area contributed by atoms with Gasteiger partial charge in [-0.1, -0.05) is 53.5 Å². The number of carbonyl (C=O) groups is 1. The molecule has 1 aromatic carbocycles. The smallest absolute Gasteiger partial charge is 0.323 e. The predicted octanol–water partition coefficient (Wildman–Crippen LogP) is 4.45. The summed E-state index contributed by atoms with van der Waals surface area (Å²) in [6.07, 6.45) is 3.28. The molecule has 0 saturated carbocycles. The van der Waals surface area contributed by atoms with Gasteiger partial charge in [-0.2, -0.15) is 5.10 Å². The molecule has 0 bridgehead atoms. The van der Waals surface area contributed by atoms with Gasteiger partial charge in [0.05, 0.1) is 31.6 Å². The van der Waals surface area contributed by atoms with Crippen LogP contribution in [0, 0.1) is 0 Å². The van der Waals surface area contributed by atoms with Crippen LogP contribution in [-0.4, -0.2) is 27.4 Å². The summed E-state index contributed by atoms with van der Waals surface area (Å²) in [6.45, 7) is 1.63. The SMILES string of the molecule is O=C(Nc1cc(Cl)nc(Cl)c1)Nc1cnn(CCOCc2ccccc2)c1. The number of rotatable bonds is 7. The fourth-order valence-corrected chi connectivity index (χ4v) is 2.76. The van der Waals surface area contributed by atoms with Gasteiger partial charge in [0.15, 0.2) is 0 Å². The molecule has 0 radical (unpaired) electrons. The normalized spacial score (nSPS) is 10.6. The molecule has 2 N–H and O–H groups in total. The fraction of sp³-hybridized carbons (Fsp3) is 0.167. The summed E-state index contributed by atoms with van der Waals surface area (Å²) in [5.74, 6) is 0. The number of halogens is 2.